The number of nitrogens with zero attached hydrogens (tertiary/aromatic N) is 2. The van der Waals surface area contributed by atoms with Crippen molar-refractivity contribution >= 4 is 75.0 Å². The second-order valence-corrected chi connectivity index (χ2v) is 17.7. The molecule has 1 saturated heterocycles. The number of pyridine rings is 2. The van der Waals surface area contributed by atoms with Crippen molar-refractivity contribution < 1.29 is 9.31 Å². The van der Waals surface area contributed by atoms with Gasteiger partial charge in [0, 0.05) is 26.7 Å². The summed E-state index contributed by atoms with van der Waals surface area (Å²) < 4.78 is 13.3. The summed E-state index contributed by atoms with van der Waals surface area (Å²) in [5.41, 5.74) is 4.67. The first-order chi connectivity index (χ1) is 25.7. The quantitative estimate of drug-likeness (QED) is 0.101. The molecule has 16 heteroatoms. The van der Waals surface area contributed by atoms with Crippen molar-refractivity contribution in [2.24, 2.45) is 0 Å². The summed E-state index contributed by atoms with van der Waals surface area (Å²) in [5, 5.41) is 14.5. The number of aromatic nitrogens is 6. The zero-order chi connectivity index (χ0) is 39.0. The molecule has 0 spiro atoms. The van der Waals surface area contributed by atoms with Crippen LogP contribution in [0.2, 0.25) is 8.67 Å². The minimum atomic E-state index is -0.250. The molecule has 10 nitrogen and oxygen atoms in total. The fraction of sp³-hybridized carbons (Fsp3) is 0.263. The van der Waals surface area contributed by atoms with Gasteiger partial charge in [-0.25, -0.2) is 0 Å². The van der Waals surface area contributed by atoms with E-state index >= 15 is 0 Å². The van der Waals surface area contributed by atoms with Crippen LogP contribution in [0, 0.1) is 0 Å². The Kier molecular flexibility index (Phi) is 14.0. The van der Waals surface area contributed by atoms with Gasteiger partial charge in [-0.05, 0) is 130 Å². The standard InChI is InChI=1S/C16H14ClN3OS.C14H11BrClN3OS.C8H15BO2/c1-2-10-3-7-13(18-16(10)21)14-9-11(19-20-14)4-5-12-6-8-15(17)22-12;15-10-4-5-11(17-14(10)20)12-7-8(18-19-12)1-2-9-3-6-13(16)21-9;1-6-9-10-7(2,3)8(4,5)11-9/h2-3,6-9H,1,4-5H2,(H,18,21)(H,19,20);3-7H,1-2H2,(H,17,20)(H,18,19);6H,1H2,2-5H3. The van der Waals surface area contributed by atoms with Crippen LogP contribution in [-0.4, -0.2) is 48.7 Å². The molecule has 0 aliphatic carbocycles. The number of nitrogens with one attached hydrogen (secondary N) is 4. The van der Waals surface area contributed by atoms with Crippen LogP contribution >= 0.6 is 61.8 Å². The Morgan fingerprint density at radius 1 is 0.741 bits per heavy atom. The van der Waals surface area contributed by atoms with Gasteiger partial charge in [0.05, 0.1) is 35.7 Å². The van der Waals surface area contributed by atoms with E-state index in [1.807, 2.05) is 76.2 Å². The second-order valence-electron chi connectivity index (χ2n) is 13.2. The van der Waals surface area contributed by atoms with Crippen LogP contribution in [0.5, 0.6) is 0 Å². The van der Waals surface area contributed by atoms with Crippen LogP contribution in [-0.2, 0) is 35.0 Å². The van der Waals surface area contributed by atoms with Gasteiger partial charge in [-0.3, -0.25) is 19.8 Å². The maximum atomic E-state index is 11.8. The first-order valence-electron chi connectivity index (χ1n) is 17.0. The van der Waals surface area contributed by atoms with Crippen LogP contribution in [0.1, 0.15) is 54.4 Å². The second kappa shape index (κ2) is 18.3. The van der Waals surface area contributed by atoms with Gasteiger partial charge >= 0.3 is 7.12 Å². The first kappa shape index (κ1) is 41.4. The molecular weight excluding hydrogens is 830 g/mol. The topological polar surface area (TPSA) is 142 Å². The molecule has 54 heavy (non-hydrogen) atoms. The lowest BCUT2D eigenvalue weighted by atomic mass is 9.90. The van der Waals surface area contributed by atoms with Crippen LogP contribution < -0.4 is 11.1 Å². The highest BCUT2D eigenvalue weighted by atomic mass is 79.9. The minimum absolute atomic E-state index is 0.162. The summed E-state index contributed by atoms with van der Waals surface area (Å²) >= 11 is 18.2. The van der Waals surface area contributed by atoms with Crippen molar-refractivity contribution in [3.63, 3.8) is 0 Å². The highest BCUT2D eigenvalue weighted by Gasteiger charge is 2.49. The number of hydrogen-bond acceptors (Lipinski definition) is 8. The number of thiophene rings is 2. The lowest BCUT2D eigenvalue weighted by Gasteiger charge is -2.32. The average Bonchev–Trinajstić information content (AvgIpc) is 3.98. The maximum absolute atomic E-state index is 11.8. The Bertz CT molecular complexity index is 2310. The average molecular weight is 871 g/mol. The molecule has 1 aliphatic heterocycles. The molecule has 0 amide bonds. The normalized spacial score (nSPS) is 14.2. The maximum Gasteiger partial charge on any atom is 0.486 e. The molecule has 0 unspecified atom stereocenters. The van der Waals surface area contributed by atoms with Crippen LogP contribution in [0.3, 0.4) is 0 Å². The van der Waals surface area contributed by atoms with Crippen molar-refractivity contribution in [1.29, 1.82) is 0 Å². The molecule has 0 radical (unpaired) electrons. The van der Waals surface area contributed by atoms with Crippen LogP contribution in [0.15, 0.2) is 93.9 Å². The van der Waals surface area contributed by atoms with Crippen LogP contribution in [0.4, 0.5) is 0 Å². The van der Waals surface area contributed by atoms with Gasteiger partial charge in [0.2, 0.25) is 0 Å². The summed E-state index contributed by atoms with van der Waals surface area (Å²) in [6, 6.07) is 18.9. The smallest absolute Gasteiger partial charge is 0.400 e. The van der Waals surface area contributed by atoms with E-state index in [2.05, 4.69) is 59.5 Å². The highest BCUT2D eigenvalue weighted by Crippen LogP contribution is 2.36. The largest absolute Gasteiger partial charge is 0.486 e. The molecule has 282 valence electrons. The fourth-order valence-electron chi connectivity index (χ4n) is 5.13. The zero-order valence-corrected chi connectivity index (χ0v) is 35.0. The molecule has 6 aromatic rings. The van der Waals surface area contributed by atoms with Crippen molar-refractivity contribution in [1.82, 2.24) is 30.4 Å². The van der Waals surface area contributed by atoms with E-state index < -0.39 is 0 Å². The van der Waals surface area contributed by atoms with Gasteiger partial charge in [-0.1, -0.05) is 41.8 Å². The third-order valence-electron chi connectivity index (χ3n) is 8.84. The third kappa shape index (κ3) is 10.9. The predicted octanol–water partition coefficient (Wildman–Crippen LogP) is 9.74. The molecule has 0 bridgehead atoms. The van der Waals surface area contributed by atoms with E-state index in [0.717, 1.165) is 57.1 Å². The molecule has 7 rings (SSSR count). The van der Waals surface area contributed by atoms with E-state index in [1.54, 1.807) is 40.8 Å². The molecule has 1 fully saturated rings. The molecule has 4 N–H and O–H groups in total. The molecule has 0 atom stereocenters. The Hall–Kier alpha value is -3.76. The monoisotopic (exact) mass is 868 g/mol. The van der Waals surface area contributed by atoms with E-state index in [0.29, 0.717) is 21.4 Å². The van der Waals surface area contributed by atoms with Gasteiger partial charge in [0.15, 0.2) is 0 Å². The lowest BCUT2D eigenvalue weighted by Crippen LogP contribution is -2.41. The Morgan fingerprint density at radius 3 is 1.61 bits per heavy atom. The predicted molar refractivity (Wildman–Crippen MR) is 227 cm³/mol. The number of rotatable bonds is 10. The molecular formula is C38H40BBrCl2N6O4S2. The van der Waals surface area contributed by atoms with Crippen molar-refractivity contribution in [2.45, 2.75) is 64.6 Å². The van der Waals surface area contributed by atoms with Gasteiger partial charge in [-0.2, -0.15) is 10.2 Å². The summed E-state index contributed by atoms with van der Waals surface area (Å²) in [4.78, 5) is 31.4. The molecule has 0 aromatic carbocycles. The summed E-state index contributed by atoms with van der Waals surface area (Å²) in [7, 11) is -0.250. The molecule has 0 saturated carbocycles. The van der Waals surface area contributed by atoms with E-state index in [4.69, 9.17) is 32.5 Å². The van der Waals surface area contributed by atoms with Crippen molar-refractivity contribution in [3.05, 3.63) is 140 Å². The minimum Gasteiger partial charge on any atom is -0.400 e. The highest BCUT2D eigenvalue weighted by molar-refractivity contribution is 9.10. The van der Waals surface area contributed by atoms with Gasteiger partial charge in [0.1, 0.15) is 11.4 Å². The molecule has 6 aromatic heterocycles. The van der Waals surface area contributed by atoms with E-state index in [1.165, 1.54) is 15.8 Å². The van der Waals surface area contributed by atoms with Crippen LogP contribution in [0.25, 0.3) is 28.9 Å². The first-order valence-corrected chi connectivity index (χ1v) is 20.1. The summed E-state index contributed by atoms with van der Waals surface area (Å²) in [6.07, 6.45) is 5.05. The Morgan fingerprint density at radius 2 is 1.22 bits per heavy atom. The number of aromatic amines is 4. The van der Waals surface area contributed by atoms with Gasteiger partial charge in [-0.15, -0.1) is 29.3 Å². The number of halogens is 3. The number of H-pyrrole nitrogens is 4. The van der Waals surface area contributed by atoms with Gasteiger partial charge < -0.3 is 19.3 Å². The Balaban J connectivity index is 0.000000165. The molecule has 1 aliphatic rings. The van der Waals surface area contributed by atoms with Crippen molar-refractivity contribution in [2.75, 3.05) is 0 Å². The zero-order valence-electron chi connectivity index (χ0n) is 30.2. The Labute approximate surface area is 340 Å². The molecule has 7 heterocycles. The summed E-state index contributed by atoms with van der Waals surface area (Å²) in [6.45, 7) is 15.3. The summed E-state index contributed by atoms with van der Waals surface area (Å²) in [5.74, 6) is 1.68. The fourth-order valence-corrected chi connectivity index (χ4v) is 7.53. The van der Waals surface area contributed by atoms with E-state index in [9.17, 15) is 9.59 Å². The lowest BCUT2D eigenvalue weighted by molar-refractivity contribution is 0.00578. The number of hydrogen-bond donors (Lipinski definition) is 4. The van der Waals surface area contributed by atoms with Crippen molar-refractivity contribution in [3.8, 4) is 22.8 Å². The SMILES string of the molecule is C=CB1OC(C)(C)C(C)(C)O1.C=Cc1ccc(-c2cc(CCc3ccc(Cl)s3)[nH]n2)[nH]c1=O.O=c1[nH]c(-c2cc(CCc3ccc(Cl)s3)[nH]n2)ccc1Br. The third-order valence-corrected chi connectivity index (χ3v) is 12.0. The number of aryl methyl sites for hydroxylation is 4. The van der Waals surface area contributed by atoms with E-state index in [-0.39, 0.29) is 29.4 Å². The van der Waals surface area contributed by atoms with Gasteiger partial charge in [0.25, 0.3) is 11.1 Å².